The fourth-order valence-corrected chi connectivity index (χ4v) is 2.09. The molecular weight excluding hydrogens is 262 g/mol. The van der Waals surface area contributed by atoms with Gasteiger partial charge in [0.05, 0.1) is 0 Å². The van der Waals surface area contributed by atoms with Crippen molar-refractivity contribution in [1.29, 1.82) is 0 Å². The summed E-state index contributed by atoms with van der Waals surface area (Å²) < 4.78 is 0. The molecule has 2 heterocycles. The van der Waals surface area contributed by atoms with E-state index in [1.807, 2.05) is 0 Å². The number of carboxylic acid groups (broad SMARTS) is 1. The van der Waals surface area contributed by atoms with Crippen LogP contribution in [0.4, 0.5) is 0 Å². The van der Waals surface area contributed by atoms with Gasteiger partial charge in [-0.2, -0.15) is 0 Å². The number of nitrogens with one attached hydrogen (secondary N) is 1. The number of likely N-dealkylation sites (tertiary alicyclic amines) is 1. The van der Waals surface area contributed by atoms with E-state index in [2.05, 4.69) is 10.3 Å². The second-order valence-electron chi connectivity index (χ2n) is 4.72. The molecule has 106 valence electrons. The number of carboxylic acids is 1. The van der Waals surface area contributed by atoms with Gasteiger partial charge in [0.15, 0.2) is 0 Å². The molecule has 1 aliphatic rings. The van der Waals surface area contributed by atoms with Crippen molar-refractivity contribution in [3.8, 4) is 0 Å². The maximum atomic E-state index is 12.0. The standard InChI is InChI=1S/C13H15N3O4/c1-16-7-9(2-3-11(16)17)15-12(18)8-4-5-14-10(6-8)13(19)20/h4-6,9H,2-3,7H2,1H3,(H,15,18)(H,19,20). The molecule has 0 saturated carbocycles. The molecule has 20 heavy (non-hydrogen) atoms. The molecule has 0 radical (unpaired) electrons. The fourth-order valence-electron chi connectivity index (χ4n) is 2.09. The van der Waals surface area contributed by atoms with Crippen LogP contribution in [-0.2, 0) is 4.79 Å². The highest BCUT2D eigenvalue weighted by molar-refractivity contribution is 5.96. The van der Waals surface area contributed by atoms with Crippen molar-refractivity contribution in [3.63, 3.8) is 0 Å². The Morgan fingerprint density at radius 1 is 1.50 bits per heavy atom. The number of likely N-dealkylation sites (N-methyl/N-ethyl adjacent to an activating group) is 1. The Morgan fingerprint density at radius 2 is 2.25 bits per heavy atom. The van der Waals surface area contributed by atoms with Crippen molar-refractivity contribution in [1.82, 2.24) is 15.2 Å². The largest absolute Gasteiger partial charge is 0.477 e. The number of carbonyl (C=O) groups is 3. The van der Waals surface area contributed by atoms with Crippen LogP contribution < -0.4 is 5.32 Å². The summed E-state index contributed by atoms with van der Waals surface area (Å²) >= 11 is 0. The van der Waals surface area contributed by atoms with Gasteiger partial charge in [0.2, 0.25) is 5.91 Å². The van der Waals surface area contributed by atoms with Crippen LogP contribution in [0.2, 0.25) is 0 Å². The topological polar surface area (TPSA) is 99.6 Å². The maximum absolute atomic E-state index is 12.0. The first-order valence-electron chi connectivity index (χ1n) is 6.21. The minimum Gasteiger partial charge on any atom is -0.477 e. The summed E-state index contributed by atoms with van der Waals surface area (Å²) in [5, 5.41) is 11.6. The molecule has 1 aromatic heterocycles. The highest BCUT2D eigenvalue weighted by Crippen LogP contribution is 2.11. The van der Waals surface area contributed by atoms with Gasteiger partial charge < -0.3 is 15.3 Å². The summed E-state index contributed by atoms with van der Waals surface area (Å²) in [6.45, 7) is 0.460. The summed E-state index contributed by atoms with van der Waals surface area (Å²) in [4.78, 5) is 39.4. The van der Waals surface area contributed by atoms with Crippen LogP contribution in [0.5, 0.6) is 0 Å². The maximum Gasteiger partial charge on any atom is 0.354 e. The summed E-state index contributed by atoms with van der Waals surface area (Å²) in [7, 11) is 1.69. The van der Waals surface area contributed by atoms with Crippen LogP contribution >= 0.6 is 0 Å². The van der Waals surface area contributed by atoms with E-state index in [1.165, 1.54) is 18.3 Å². The number of nitrogens with zero attached hydrogens (tertiary/aromatic N) is 2. The highest BCUT2D eigenvalue weighted by Gasteiger charge is 2.24. The SMILES string of the molecule is CN1CC(NC(=O)c2ccnc(C(=O)O)c2)CCC1=O. The molecular formula is C13H15N3O4. The molecule has 1 fully saturated rings. The van der Waals surface area contributed by atoms with E-state index in [-0.39, 0.29) is 29.1 Å². The molecule has 1 aliphatic heterocycles. The van der Waals surface area contributed by atoms with Crippen molar-refractivity contribution < 1.29 is 19.5 Å². The van der Waals surface area contributed by atoms with Gasteiger partial charge in [-0.3, -0.25) is 9.59 Å². The van der Waals surface area contributed by atoms with E-state index in [1.54, 1.807) is 11.9 Å². The third-order valence-electron chi connectivity index (χ3n) is 3.20. The first-order chi connectivity index (χ1) is 9.47. The number of piperidine rings is 1. The zero-order chi connectivity index (χ0) is 14.7. The van der Waals surface area contributed by atoms with Gasteiger partial charge in [-0.05, 0) is 18.6 Å². The fraction of sp³-hybridized carbons (Fsp3) is 0.385. The van der Waals surface area contributed by atoms with Crippen molar-refractivity contribution >= 4 is 17.8 Å². The third-order valence-corrected chi connectivity index (χ3v) is 3.20. The molecule has 0 aromatic carbocycles. The van der Waals surface area contributed by atoms with E-state index < -0.39 is 5.97 Å². The average molecular weight is 277 g/mol. The summed E-state index contributed by atoms with van der Waals surface area (Å²) in [5.41, 5.74) is 0.0746. The highest BCUT2D eigenvalue weighted by atomic mass is 16.4. The summed E-state index contributed by atoms with van der Waals surface area (Å²) in [6, 6.07) is 2.57. The number of hydrogen-bond donors (Lipinski definition) is 2. The number of rotatable bonds is 3. The number of aromatic nitrogens is 1. The summed E-state index contributed by atoms with van der Waals surface area (Å²) in [5.74, 6) is -1.47. The van der Waals surface area contributed by atoms with Crippen molar-refractivity contribution in [2.75, 3.05) is 13.6 Å². The lowest BCUT2D eigenvalue weighted by atomic mass is 10.1. The van der Waals surface area contributed by atoms with Crippen LogP contribution in [-0.4, -0.2) is 52.4 Å². The number of hydrogen-bond acceptors (Lipinski definition) is 4. The molecule has 7 nitrogen and oxygen atoms in total. The minimum atomic E-state index is -1.18. The van der Waals surface area contributed by atoms with Crippen molar-refractivity contribution in [2.24, 2.45) is 0 Å². The monoisotopic (exact) mass is 277 g/mol. The molecule has 2 N–H and O–H groups in total. The lowest BCUT2D eigenvalue weighted by Gasteiger charge is -2.30. The molecule has 2 amide bonds. The van der Waals surface area contributed by atoms with Gasteiger partial charge >= 0.3 is 5.97 Å². The molecule has 2 rings (SSSR count). The van der Waals surface area contributed by atoms with Gasteiger partial charge in [0, 0.05) is 37.8 Å². The van der Waals surface area contributed by atoms with Crippen LogP contribution in [0, 0.1) is 0 Å². The van der Waals surface area contributed by atoms with Gasteiger partial charge in [-0.15, -0.1) is 0 Å². The Bertz CT molecular complexity index is 558. The molecule has 7 heteroatoms. The molecule has 0 spiro atoms. The minimum absolute atomic E-state index is 0.0626. The second-order valence-corrected chi connectivity index (χ2v) is 4.72. The van der Waals surface area contributed by atoms with Gasteiger partial charge in [0.1, 0.15) is 5.69 Å². The number of aromatic carboxylic acids is 1. The van der Waals surface area contributed by atoms with Crippen LogP contribution in [0.1, 0.15) is 33.7 Å². The first kappa shape index (κ1) is 14.0. The van der Waals surface area contributed by atoms with E-state index in [9.17, 15) is 14.4 Å². The van der Waals surface area contributed by atoms with E-state index in [0.29, 0.717) is 19.4 Å². The Balaban J connectivity index is 2.03. The predicted molar refractivity (Wildman–Crippen MR) is 69.3 cm³/mol. The van der Waals surface area contributed by atoms with Gasteiger partial charge in [-0.1, -0.05) is 0 Å². The van der Waals surface area contributed by atoms with Gasteiger partial charge in [0.25, 0.3) is 5.91 Å². The average Bonchev–Trinajstić information content (AvgIpc) is 2.43. The normalized spacial score (nSPS) is 18.8. The van der Waals surface area contributed by atoms with Crippen LogP contribution in [0.3, 0.4) is 0 Å². The quantitative estimate of drug-likeness (QED) is 0.818. The molecule has 1 aromatic rings. The number of carbonyl (C=O) groups excluding carboxylic acids is 2. The van der Waals surface area contributed by atoms with E-state index in [4.69, 9.17) is 5.11 Å². The summed E-state index contributed by atoms with van der Waals surface area (Å²) in [6.07, 6.45) is 2.28. The van der Waals surface area contributed by atoms with Crippen LogP contribution in [0.25, 0.3) is 0 Å². The molecule has 0 bridgehead atoms. The Morgan fingerprint density at radius 3 is 2.90 bits per heavy atom. The lowest BCUT2D eigenvalue weighted by molar-refractivity contribution is -0.132. The molecule has 1 unspecified atom stereocenters. The Hall–Kier alpha value is -2.44. The number of amides is 2. The van der Waals surface area contributed by atoms with Crippen molar-refractivity contribution in [2.45, 2.75) is 18.9 Å². The first-order valence-corrected chi connectivity index (χ1v) is 6.21. The zero-order valence-electron chi connectivity index (χ0n) is 11.0. The molecule has 1 saturated heterocycles. The zero-order valence-corrected chi connectivity index (χ0v) is 11.0. The van der Waals surface area contributed by atoms with Crippen LogP contribution in [0.15, 0.2) is 18.3 Å². The Labute approximate surface area is 115 Å². The second kappa shape index (κ2) is 5.68. The van der Waals surface area contributed by atoms with E-state index in [0.717, 1.165) is 0 Å². The third kappa shape index (κ3) is 3.11. The lowest BCUT2D eigenvalue weighted by Crippen LogP contribution is -2.48. The number of pyridine rings is 1. The van der Waals surface area contributed by atoms with E-state index >= 15 is 0 Å². The Kier molecular flexibility index (Phi) is 3.97. The molecule has 1 atom stereocenters. The smallest absolute Gasteiger partial charge is 0.354 e. The van der Waals surface area contributed by atoms with Crippen molar-refractivity contribution in [3.05, 3.63) is 29.6 Å². The molecule has 0 aliphatic carbocycles. The van der Waals surface area contributed by atoms with Gasteiger partial charge in [-0.25, -0.2) is 9.78 Å². The predicted octanol–water partition coefficient (Wildman–Crippen LogP) is 0.130.